The molecule has 1 aromatic carbocycles. The molecule has 2 rings (SSSR count). The lowest BCUT2D eigenvalue weighted by atomic mass is 10.1. The molecule has 0 bridgehead atoms. The first-order valence-corrected chi connectivity index (χ1v) is 6.77. The average Bonchev–Trinajstić information content (AvgIpc) is 2.57. The van der Waals surface area contributed by atoms with Crippen LogP contribution in [0.25, 0.3) is 10.4 Å². The Morgan fingerprint density at radius 3 is 2.71 bits per heavy atom. The molecule has 0 unspecified atom stereocenters. The molecule has 0 radical (unpaired) electrons. The van der Waals surface area contributed by atoms with E-state index in [1.807, 2.05) is 25.1 Å². The summed E-state index contributed by atoms with van der Waals surface area (Å²) in [6, 6.07) is 7.69. The minimum Gasteiger partial charge on any atom is -0.397 e. The lowest BCUT2D eigenvalue weighted by Crippen LogP contribution is -1.87. The second-order valence-corrected chi connectivity index (χ2v) is 5.85. The maximum Gasteiger partial charge on any atom is 0.128 e. The van der Waals surface area contributed by atoms with E-state index >= 15 is 0 Å². The van der Waals surface area contributed by atoms with E-state index in [4.69, 9.17) is 22.6 Å². The van der Waals surface area contributed by atoms with E-state index in [-0.39, 0.29) is 0 Å². The predicted molar refractivity (Wildman–Crippen MR) is 76.3 cm³/mol. The maximum absolute atomic E-state index is 8.96. The van der Waals surface area contributed by atoms with Crippen LogP contribution in [0.2, 0.25) is 5.02 Å². The van der Waals surface area contributed by atoms with Crippen LogP contribution in [-0.4, -0.2) is 0 Å². The number of nitrogen functional groups attached to an aromatic ring is 1. The van der Waals surface area contributed by atoms with Gasteiger partial charge in [-0.15, -0.1) is 11.3 Å². The Morgan fingerprint density at radius 2 is 2.18 bits per heavy atom. The SMILES string of the molecule is Cc1c(-c2ccc(Cl)cc2Br)sc(C#N)c1N. The summed E-state index contributed by atoms with van der Waals surface area (Å²) in [4.78, 5) is 1.56. The van der Waals surface area contributed by atoms with Gasteiger partial charge in [0.25, 0.3) is 0 Å². The molecule has 17 heavy (non-hydrogen) atoms. The van der Waals surface area contributed by atoms with E-state index in [0.29, 0.717) is 15.6 Å². The Morgan fingerprint density at radius 1 is 1.47 bits per heavy atom. The fraction of sp³-hybridized carbons (Fsp3) is 0.0833. The highest BCUT2D eigenvalue weighted by Gasteiger charge is 2.15. The van der Waals surface area contributed by atoms with Crippen molar-refractivity contribution in [1.82, 2.24) is 0 Å². The normalized spacial score (nSPS) is 10.2. The van der Waals surface area contributed by atoms with Gasteiger partial charge in [0.2, 0.25) is 0 Å². The molecule has 0 aliphatic heterocycles. The van der Waals surface area contributed by atoms with Gasteiger partial charge in [-0.25, -0.2) is 0 Å². The number of nitriles is 1. The Kier molecular flexibility index (Phi) is 3.43. The summed E-state index contributed by atoms with van der Waals surface area (Å²) in [5.41, 5.74) is 8.39. The summed E-state index contributed by atoms with van der Waals surface area (Å²) >= 11 is 10.8. The van der Waals surface area contributed by atoms with Gasteiger partial charge in [0.05, 0.1) is 5.69 Å². The first-order valence-electron chi connectivity index (χ1n) is 4.79. The highest BCUT2D eigenvalue weighted by atomic mass is 79.9. The van der Waals surface area contributed by atoms with Gasteiger partial charge < -0.3 is 5.73 Å². The van der Waals surface area contributed by atoms with Crippen LogP contribution >= 0.6 is 38.9 Å². The van der Waals surface area contributed by atoms with Crippen molar-refractivity contribution in [1.29, 1.82) is 5.26 Å². The molecule has 86 valence electrons. The van der Waals surface area contributed by atoms with Gasteiger partial charge in [-0.05, 0) is 24.6 Å². The Balaban J connectivity index is 2.65. The van der Waals surface area contributed by atoms with Crippen molar-refractivity contribution in [2.75, 3.05) is 5.73 Å². The second-order valence-electron chi connectivity index (χ2n) is 3.53. The number of rotatable bonds is 1. The highest BCUT2D eigenvalue weighted by molar-refractivity contribution is 9.10. The molecule has 2 nitrogen and oxygen atoms in total. The molecular weight excluding hydrogens is 320 g/mol. The molecule has 0 fully saturated rings. The van der Waals surface area contributed by atoms with Crippen LogP contribution in [0.15, 0.2) is 22.7 Å². The van der Waals surface area contributed by atoms with Crippen LogP contribution in [0.3, 0.4) is 0 Å². The van der Waals surface area contributed by atoms with Crippen molar-refractivity contribution in [3.63, 3.8) is 0 Å². The molecule has 1 aromatic heterocycles. The number of hydrogen-bond acceptors (Lipinski definition) is 3. The second kappa shape index (κ2) is 4.69. The minimum absolute atomic E-state index is 0.555. The van der Waals surface area contributed by atoms with Crippen LogP contribution in [0, 0.1) is 18.3 Å². The van der Waals surface area contributed by atoms with Crippen LogP contribution < -0.4 is 5.73 Å². The molecule has 0 saturated heterocycles. The van der Waals surface area contributed by atoms with Crippen molar-refractivity contribution in [3.05, 3.63) is 38.1 Å². The topological polar surface area (TPSA) is 49.8 Å². The third kappa shape index (κ3) is 2.19. The number of benzene rings is 1. The van der Waals surface area contributed by atoms with Crippen molar-refractivity contribution < 1.29 is 0 Å². The van der Waals surface area contributed by atoms with Gasteiger partial charge >= 0.3 is 0 Å². The monoisotopic (exact) mass is 326 g/mol. The zero-order valence-electron chi connectivity index (χ0n) is 8.92. The molecule has 0 amide bonds. The van der Waals surface area contributed by atoms with Gasteiger partial charge in [0, 0.05) is 19.9 Å². The lowest BCUT2D eigenvalue weighted by Gasteiger charge is -2.04. The van der Waals surface area contributed by atoms with E-state index in [1.54, 1.807) is 0 Å². The molecule has 0 aliphatic carbocycles. The van der Waals surface area contributed by atoms with E-state index in [2.05, 4.69) is 22.0 Å². The van der Waals surface area contributed by atoms with Crippen LogP contribution in [0.5, 0.6) is 0 Å². The van der Waals surface area contributed by atoms with Gasteiger partial charge in [0.1, 0.15) is 10.9 Å². The first-order chi connectivity index (χ1) is 8.04. The third-order valence-electron chi connectivity index (χ3n) is 2.47. The summed E-state index contributed by atoms with van der Waals surface area (Å²) in [6.07, 6.45) is 0. The first kappa shape index (κ1) is 12.4. The van der Waals surface area contributed by atoms with E-state index < -0.39 is 0 Å². The number of halogens is 2. The van der Waals surface area contributed by atoms with Crippen LogP contribution in [0.4, 0.5) is 5.69 Å². The lowest BCUT2D eigenvalue weighted by molar-refractivity contribution is 1.49. The standard InChI is InChI=1S/C12H8BrClN2S/c1-6-11(16)10(5-15)17-12(6)8-3-2-7(14)4-9(8)13/h2-4H,16H2,1H3. The Hall–Kier alpha value is -1.02. The molecule has 2 aromatic rings. The Labute approximate surface area is 117 Å². The van der Waals surface area contributed by atoms with E-state index in [0.717, 1.165) is 20.5 Å². The summed E-state index contributed by atoms with van der Waals surface area (Å²) in [5.74, 6) is 0. The summed E-state index contributed by atoms with van der Waals surface area (Å²) in [6.45, 7) is 1.92. The average molecular weight is 328 g/mol. The molecule has 0 saturated carbocycles. The smallest absolute Gasteiger partial charge is 0.128 e. The summed E-state index contributed by atoms with van der Waals surface area (Å²) < 4.78 is 0.902. The Bertz CT molecular complexity index is 628. The van der Waals surface area contributed by atoms with E-state index in [1.165, 1.54) is 11.3 Å². The van der Waals surface area contributed by atoms with Gasteiger partial charge in [0.15, 0.2) is 0 Å². The fourth-order valence-corrected chi connectivity index (χ4v) is 3.62. The zero-order chi connectivity index (χ0) is 12.6. The largest absolute Gasteiger partial charge is 0.397 e. The summed E-state index contributed by atoms with van der Waals surface area (Å²) in [7, 11) is 0. The molecule has 0 aliphatic rings. The van der Waals surface area contributed by atoms with Crippen molar-refractivity contribution in [2.45, 2.75) is 6.92 Å². The highest BCUT2D eigenvalue weighted by Crippen LogP contribution is 2.41. The zero-order valence-corrected chi connectivity index (χ0v) is 12.1. The molecule has 0 spiro atoms. The number of anilines is 1. The van der Waals surface area contributed by atoms with Crippen molar-refractivity contribution in [3.8, 4) is 16.5 Å². The molecular formula is C12H8BrClN2S. The van der Waals surface area contributed by atoms with Gasteiger partial charge in [-0.3, -0.25) is 0 Å². The van der Waals surface area contributed by atoms with Crippen molar-refractivity contribution >= 4 is 44.6 Å². The minimum atomic E-state index is 0.555. The van der Waals surface area contributed by atoms with Crippen LogP contribution in [-0.2, 0) is 0 Å². The van der Waals surface area contributed by atoms with Crippen molar-refractivity contribution in [2.24, 2.45) is 0 Å². The summed E-state index contributed by atoms with van der Waals surface area (Å²) in [5, 5.41) is 9.63. The molecule has 1 heterocycles. The number of hydrogen-bond donors (Lipinski definition) is 1. The maximum atomic E-state index is 8.96. The third-order valence-corrected chi connectivity index (χ3v) is 4.61. The van der Waals surface area contributed by atoms with Gasteiger partial charge in [-0.1, -0.05) is 33.6 Å². The molecule has 2 N–H and O–H groups in total. The quantitative estimate of drug-likeness (QED) is 0.832. The number of thiophene rings is 1. The van der Waals surface area contributed by atoms with Gasteiger partial charge in [-0.2, -0.15) is 5.26 Å². The van der Waals surface area contributed by atoms with E-state index in [9.17, 15) is 0 Å². The van der Waals surface area contributed by atoms with Crippen LogP contribution in [0.1, 0.15) is 10.4 Å². The fourth-order valence-electron chi connectivity index (χ4n) is 1.54. The number of nitrogens with zero attached hydrogens (tertiary/aromatic N) is 1. The predicted octanol–water partition coefficient (Wildman–Crippen LogP) is 4.59. The molecule has 0 atom stereocenters. The molecule has 5 heteroatoms. The number of nitrogens with two attached hydrogens (primary N) is 1.